The Balaban J connectivity index is 2.82. The maximum absolute atomic E-state index is 11.8. The van der Waals surface area contributed by atoms with Gasteiger partial charge in [-0.1, -0.05) is 17.7 Å². The molecule has 1 atom stereocenters. The molecule has 5 heteroatoms. The third-order valence-electron chi connectivity index (χ3n) is 2.23. The average molecular weight is 380 g/mol. The molecule has 1 N–H and O–H groups in total. The highest BCUT2D eigenvalue weighted by Crippen LogP contribution is 2.23. The lowest BCUT2D eigenvalue weighted by Gasteiger charge is -2.18. The number of esters is 1. The Bertz CT molecular complexity index is 437. The van der Waals surface area contributed by atoms with E-state index in [9.17, 15) is 4.79 Å². The van der Waals surface area contributed by atoms with E-state index in [1.807, 2.05) is 12.1 Å². The monoisotopic (exact) mass is 379 g/mol. The maximum Gasteiger partial charge on any atom is 0.328 e. The molecule has 18 heavy (non-hydrogen) atoms. The molecule has 0 saturated heterocycles. The minimum absolute atomic E-state index is 0.275. The summed E-state index contributed by atoms with van der Waals surface area (Å²) in [6, 6.07) is 5.04. The van der Waals surface area contributed by atoms with Gasteiger partial charge in [-0.25, -0.2) is 4.79 Å². The molecule has 0 radical (unpaired) electrons. The number of anilines is 1. The van der Waals surface area contributed by atoms with E-state index in [1.54, 1.807) is 19.1 Å². The van der Waals surface area contributed by atoms with Crippen molar-refractivity contribution in [1.82, 2.24) is 0 Å². The van der Waals surface area contributed by atoms with E-state index in [0.717, 1.165) is 9.26 Å². The second-order valence-electron chi connectivity index (χ2n) is 3.60. The van der Waals surface area contributed by atoms with Crippen LogP contribution >= 0.6 is 34.2 Å². The van der Waals surface area contributed by atoms with Crippen LogP contribution in [-0.2, 0) is 9.53 Å². The van der Waals surface area contributed by atoms with E-state index in [0.29, 0.717) is 18.1 Å². The molecule has 0 aromatic heterocycles. The number of hydrogen-bond acceptors (Lipinski definition) is 3. The molecule has 0 heterocycles. The van der Waals surface area contributed by atoms with Crippen LogP contribution in [0.5, 0.6) is 0 Å². The van der Waals surface area contributed by atoms with Crippen molar-refractivity contribution in [2.45, 2.75) is 19.4 Å². The van der Waals surface area contributed by atoms with E-state index in [4.69, 9.17) is 16.3 Å². The quantitative estimate of drug-likeness (QED) is 0.463. The fourth-order valence-corrected chi connectivity index (χ4v) is 2.45. The van der Waals surface area contributed by atoms with Crippen LogP contribution in [0, 0.1) is 3.57 Å². The SMILES string of the molecule is C=CCC(Nc1ccc(Cl)cc1I)C(=O)OCC. The Hall–Kier alpha value is -0.750. The van der Waals surface area contributed by atoms with Gasteiger partial charge >= 0.3 is 5.97 Å². The molecule has 0 aliphatic carbocycles. The highest BCUT2D eigenvalue weighted by atomic mass is 127. The maximum atomic E-state index is 11.8. The smallest absolute Gasteiger partial charge is 0.328 e. The number of rotatable bonds is 6. The second-order valence-corrected chi connectivity index (χ2v) is 5.20. The summed E-state index contributed by atoms with van der Waals surface area (Å²) in [5, 5.41) is 3.82. The van der Waals surface area contributed by atoms with E-state index >= 15 is 0 Å². The van der Waals surface area contributed by atoms with Crippen molar-refractivity contribution in [1.29, 1.82) is 0 Å². The molecule has 1 aromatic rings. The normalized spacial score (nSPS) is 11.7. The Morgan fingerprint density at radius 3 is 2.94 bits per heavy atom. The summed E-state index contributed by atoms with van der Waals surface area (Å²) in [6.07, 6.45) is 2.20. The summed E-state index contributed by atoms with van der Waals surface area (Å²) in [4.78, 5) is 11.8. The lowest BCUT2D eigenvalue weighted by atomic mass is 10.2. The van der Waals surface area contributed by atoms with Gasteiger partial charge in [0.1, 0.15) is 6.04 Å². The van der Waals surface area contributed by atoms with E-state index in [2.05, 4.69) is 34.5 Å². The molecule has 1 unspecified atom stereocenters. The highest BCUT2D eigenvalue weighted by molar-refractivity contribution is 14.1. The van der Waals surface area contributed by atoms with Crippen molar-refractivity contribution in [3.8, 4) is 0 Å². The van der Waals surface area contributed by atoms with Gasteiger partial charge < -0.3 is 10.1 Å². The Morgan fingerprint density at radius 2 is 2.39 bits per heavy atom. The Morgan fingerprint density at radius 1 is 1.67 bits per heavy atom. The number of carbonyl (C=O) groups excluding carboxylic acids is 1. The molecule has 0 aliphatic rings. The van der Waals surface area contributed by atoms with Crippen LogP contribution in [0.4, 0.5) is 5.69 Å². The summed E-state index contributed by atoms with van der Waals surface area (Å²) in [5.74, 6) is -0.275. The molecule has 3 nitrogen and oxygen atoms in total. The third-order valence-corrected chi connectivity index (χ3v) is 3.36. The number of nitrogens with one attached hydrogen (secondary N) is 1. The van der Waals surface area contributed by atoms with Gasteiger partial charge in [0.25, 0.3) is 0 Å². The van der Waals surface area contributed by atoms with Crippen LogP contribution < -0.4 is 5.32 Å². The third kappa shape index (κ3) is 4.49. The first kappa shape index (κ1) is 15.3. The number of carbonyl (C=O) groups is 1. The summed E-state index contributed by atoms with van der Waals surface area (Å²) in [6.45, 7) is 5.80. The number of ether oxygens (including phenoxy) is 1. The van der Waals surface area contributed by atoms with Gasteiger partial charge in [0.15, 0.2) is 0 Å². The van der Waals surface area contributed by atoms with E-state index < -0.39 is 6.04 Å². The summed E-state index contributed by atoms with van der Waals surface area (Å²) in [5.41, 5.74) is 0.861. The number of halogens is 2. The molecule has 98 valence electrons. The molecular weight excluding hydrogens is 365 g/mol. The lowest BCUT2D eigenvalue weighted by Crippen LogP contribution is -2.31. The molecule has 0 aliphatic heterocycles. The summed E-state index contributed by atoms with van der Waals surface area (Å²) in [7, 11) is 0. The van der Waals surface area contributed by atoms with Crippen LogP contribution in [0.3, 0.4) is 0 Å². The van der Waals surface area contributed by atoms with Crippen molar-refractivity contribution < 1.29 is 9.53 Å². The zero-order valence-corrected chi connectivity index (χ0v) is 13.0. The van der Waals surface area contributed by atoms with Gasteiger partial charge in [-0.2, -0.15) is 0 Å². The van der Waals surface area contributed by atoms with Crippen molar-refractivity contribution in [2.24, 2.45) is 0 Å². The zero-order valence-electron chi connectivity index (χ0n) is 10.1. The first-order valence-corrected chi connectivity index (χ1v) is 7.03. The molecule has 0 amide bonds. The van der Waals surface area contributed by atoms with Crippen molar-refractivity contribution >= 4 is 45.8 Å². The Kier molecular flexibility index (Phi) is 6.49. The summed E-state index contributed by atoms with van der Waals surface area (Å²) < 4.78 is 5.97. The van der Waals surface area contributed by atoms with Crippen LogP contribution in [-0.4, -0.2) is 18.6 Å². The molecule has 0 spiro atoms. The minimum Gasteiger partial charge on any atom is -0.464 e. The standard InChI is InChI=1S/C13H15ClINO2/c1-3-5-12(13(17)18-4-2)16-11-7-6-9(14)8-10(11)15/h3,6-8,12,16H,1,4-5H2,2H3. The molecule has 0 saturated carbocycles. The van der Waals surface area contributed by atoms with Gasteiger partial charge in [0, 0.05) is 14.3 Å². The molecule has 1 rings (SSSR count). The first-order valence-electron chi connectivity index (χ1n) is 5.57. The largest absolute Gasteiger partial charge is 0.464 e. The molecular formula is C13H15ClINO2. The predicted octanol–water partition coefficient (Wildman–Crippen LogP) is 3.86. The van der Waals surface area contributed by atoms with E-state index in [-0.39, 0.29) is 5.97 Å². The zero-order chi connectivity index (χ0) is 13.5. The average Bonchev–Trinajstić information content (AvgIpc) is 2.32. The fourth-order valence-electron chi connectivity index (χ4n) is 1.42. The van der Waals surface area contributed by atoms with Crippen molar-refractivity contribution in [3.05, 3.63) is 39.4 Å². The summed E-state index contributed by atoms with van der Waals surface area (Å²) >= 11 is 8.05. The van der Waals surface area contributed by atoms with E-state index in [1.165, 1.54) is 0 Å². The predicted molar refractivity (Wildman–Crippen MR) is 83.0 cm³/mol. The topological polar surface area (TPSA) is 38.3 Å². The lowest BCUT2D eigenvalue weighted by molar-refractivity contribution is -0.143. The van der Waals surface area contributed by atoms with Crippen molar-refractivity contribution in [3.63, 3.8) is 0 Å². The van der Waals surface area contributed by atoms with Crippen LogP contribution in [0.15, 0.2) is 30.9 Å². The second kappa shape index (κ2) is 7.63. The van der Waals surface area contributed by atoms with Crippen molar-refractivity contribution in [2.75, 3.05) is 11.9 Å². The van der Waals surface area contributed by atoms with Crippen LogP contribution in [0.25, 0.3) is 0 Å². The minimum atomic E-state index is -0.419. The number of benzene rings is 1. The fraction of sp³-hybridized carbons (Fsp3) is 0.308. The molecule has 1 aromatic carbocycles. The van der Waals surface area contributed by atoms with Gasteiger partial charge in [-0.15, -0.1) is 6.58 Å². The van der Waals surface area contributed by atoms with Crippen LogP contribution in [0.2, 0.25) is 5.02 Å². The van der Waals surface area contributed by atoms with Gasteiger partial charge in [0.05, 0.1) is 6.61 Å². The number of hydrogen-bond donors (Lipinski definition) is 1. The molecule has 0 bridgehead atoms. The first-order chi connectivity index (χ1) is 8.58. The highest BCUT2D eigenvalue weighted by Gasteiger charge is 2.18. The van der Waals surface area contributed by atoms with Gasteiger partial charge in [-0.3, -0.25) is 0 Å². The van der Waals surface area contributed by atoms with Gasteiger partial charge in [0.2, 0.25) is 0 Å². The van der Waals surface area contributed by atoms with Gasteiger partial charge in [-0.05, 0) is 54.1 Å². The van der Waals surface area contributed by atoms with Crippen LogP contribution in [0.1, 0.15) is 13.3 Å². The Labute approximate surface area is 126 Å². The molecule has 0 fully saturated rings.